The highest BCUT2D eigenvalue weighted by Crippen LogP contribution is 2.41. The first-order valence-electron chi connectivity index (χ1n) is 26.8. The average molecular weight is 1030 g/mol. The van der Waals surface area contributed by atoms with Gasteiger partial charge in [-0.05, 0) is 174 Å². The monoisotopic (exact) mass is 1030 g/mol. The van der Waals surface area contributed by atoms with Gasteiger partial charge in [0.15, 0.2) is 0 Å². The molecule has 19 aromatic rings. The highest BCUT2D eigenvalue weighted by molar-refractivity contribution is 6.09. The van der Waals surface area contributed by atoms with Crippen molar-refractivity contribution in [1.29, 1.82) is 0 Å². The number of aromatic nitrogens is 9. The summed E-state index contributed by atoms with van der Waals surface area (Å²) in [4.78, 5) is 15.7. The van der Waals surface area contributed by atoms with Crippen molar-refractivity contribution in [2.75, 3.05) is 0 Å². The van der Waals surface area contributed by atoms with E-state index in [4.69, 9.17) is 23.8 Å². The molecule has 11 nitrogen and oxygen atoms in total. The lowest BCUT2D eigenvalue weighted by molar-refractivity contribution is 0.668. The molecule has 11 heteroatoms. The van der Waals surface area contributed by atoms with E-state index in [-0.39, 0.29) is 0 Å². The Morgan fingerprint density at radius 2 is 0.550 bits per heavy atom. The molecule has 19 rings (SSSR count). The number of rotatable bonds is 5. The minimum atomic E-state index is 0.819. The van der Waals surface area contributed by atoms with Crippen LogP contribution in [0.1, 0.15) is 0 Å². The lowest BCUT2D eigenvalue weighted by atomic mass is 9.96. The van der Waals surface area contributed by atoms with Gasteiger partial charge >= 0.3 is 0 Å². The van der Waals surface area contributed by atoms with Crippen LogP contribution in [-0.2, 0) is 0 Å². The smallest absolute Gasteiger partial charge is 0.220 e. The maximum absolute atomic E-state index is 6.64. The largest absolute Gasteiger partial charge is 0.456 e. The molecule has 0 aliphatic rings. The van der Waals surface area contributed by atoms with Crippen LogP contribution in [0, 0.1) is 0 Å². The maximum atomic E-state index is 6.64. The van der Waals surface area contributed by atoms with Gasteiger partial charge in [-0.2, -0.15) is 0 Å². The molecule has 0 fully saturated rings. The number of hydrogen-bond acceptors (Lipinski definition) is 5. The van der Waals surface area contributed by atoms with Gasteiger partial charge in [-0.15, -0.1) is 0 Å². The zero-order chi connectivity index (χ0) is 51.9. The number of benzene rings is 11. The van der Waals surface area contributed by atoms with Crippen molar-refractivity contribution in [3.05, 3.63) is 237 Å². The van der Waals surface area contributed by atoms with Crippen molar-refractivity contribution >= 4 is 127 Å². The third kappa shape index (κ3) is 5.63. The number of furan rings is 2. The quantitative estimate of drug-likeness (QED) is 0.171. The van der Waals surface area contributed by atoms with Crippen LogP contribution in [0.3, 0.4) is 0 Å². The second-order valence-electron chi connectivity index (χ2n) is 20.9. The van der Waals surface area contributed by atoms with Gasteiger partial charge in [-0.1, -0.05) is 84.9 Å². The molecule has 0 spiro atoms. The number of hydrogen-bond donors (Lipinski definition) is 0. The molecule has 8 aromatic heterocycles. The minimum absolute atomic E-state index is 0.819. The summed E-state index contributed by atoms with van der Waals surface area (Å²) in [6, 6.07) is 83.7. The fourth-order valence-corrected chi connectivity index (χ4v) is 13.1. The normalized spacial score (nSPS) is 12.5. The molecule has 11 aromatic carbocycles. The Morgan fingerprint density at radius 1 is 0.237 bits per heavy atom. The Hall–Kier alpha value is -11.2. The van der Waals surface area contributed by atoms with E-state index < -0.39 is 0 Å². The third-order valence-corrected chi connectivity index (χ3v) is 16.6. The van der Waals surface area contributed by atoms with Crippen LogP contribution < -0.4 is 0 Å². The van der Waals surface area contributed by atoms with Crippen LogP contribution in [0.15, 0.2) is 245 Å². The van der Waals surface area contributed by atoms with Crippen LogP contribution in [0.2, 0.25) is 0 Å². The van der Waals surface area contributed by atoms with E-state index >= 15 is 0 Å². The molecule has 0 saturated carbocycles. The number of nitrogens with zero attached hydrogens (tertiary/aromatic N) is 9. The van der Waals surface area contributed by atoms with E-state index in [2.05, 4.69) is 251 Å². The van der Waals surface area contributed by atoms with Crippen LogP contribution in [-0.4, -0.2) is 41.9 Å². The Bertz CT molecular complexity index is 5610. The van der Waals surface area contributed by atoms with Gasteiger partial charge in [0.1, 0.15) is 22.3 Å². The molecular formula is C69H39N9O2. The standard InChI is InChI=1S/C69H39N9O2/c1-4-16-54-51(13-1)70-67-73(57-19-7-10-22-60(57)76(54)67)44-27-31-65-49(38-44)47-36-40(25-29-63(47)79-65)42-33-43(35-46(34-42)75-59-21-9-12-24-62(59)78-56-18-6-3-15-53(56)72-69(75)78)41-26-30-64-48(37-41)50-39-45(28-32-66(50)80-64)74-58-20-8-11-23-61(58)77-55-17-5-2-14-52(55)71-68(74)77/h1-39H. The molecule has 372 valence electrons. The Balaban J connectivity index is 0.819. The van der Waals surface area contributed by atoms with Gasteiger partial charge in [0.2, 0.25) is 17.3 Å². The van der Waals surface area contributed by atoms with Crippen molar-refractivity contribution in [2.45, 2.75) is 0 Å². The van der Waals surface area contributed by atoms with Crippen molar-refractivity contribution in [2.24, 2.45) is 0 Å². The summed E-state index contributed by atoms with van der Waals surface area (Å²) >= 11 is 0. The zero-order valence-electron chi connectivity index (χ0n) is 42.4. The van der Waals surface area contributed by atoms with E-state index in [1.807, 2.05) is 12.1 Å². The summed E-state index contributed by atoms with van der Waals surface area (Å²) in [5.74, 6) is 2.57. The Kier molecular flexibility index (Phi) is 8.02. The highest BCUT2D eigenvalue weighted by atomic mass is 16.3. The maximum Gasteiger partial charge on any atom is 0.220 e. The van der Waals surface area contributed by atoms with E-state index in [1.54, 1.807) is 0 Å². The summed E-state index contributed by atoms with van der Waals surface area (Å²) in [5, 5.41) is 4.10. The zero-order valence-corrected chi connectivity index (χ0v) is 42.4. The predicted octanol–water partition coefficient (Wildman–Crippen LogP) is 17.1. The molecule has 0 aliphatic carbocycles. The fourth-order valence-electron chi connectivity index (χ4n) is 13.1. The van der Waals surface area contributed by atoms with E-state index in [1.165, 1.54) is 0 Å². The first kappa shape index (κ1) is 42.0. The molecule has 0 N–H and O–H groups in total. The molecule has 0 amide bonds. The molecule has 0 unspecified atom stereocenters. The van der Waals surface area contributed by atoms with Crippen LogP contribution >= 0.6 is 0 Å². The first-order chi connectivity index (χ1) is 39.6. The molecule has 0 radical (unpaired) electrons. The van der Waals surface area contributed by atoms with Crippen molar-refractivity contribution in [3.8, 4) is 39.3 Å². The van der Waals surface area contributed by atoms with Crippen LogP contribution in [0.25, 0.3) is 167 Å². The summed E-state index contributed by atoms with van der Waals surface area (Å²) in [7, 11) is 0. The predicted molar refractivity (Wildman–Crippen MR) is 321 cm³/mol. The molecule has 0 saturated heterocycles. The van der Waals surface area contributed by atoms with E-state index in [9.17, 15) is 0 Å². The third-order valence-electron chi connectivity index (χ3n) is 16.6. The van der Waals surface area contributed by atoms with Gasteiger partial charge in [0.05, 0.1) is 83.3 Å². The van der Waals surface area contributed by atoms with Crippen molar-refractivity contribution < 1.29 is 8.83 Å². The lowest BCUT2D eigenvalue weighted by Gasteiger charge is -2.13. The molecule has 0 bridgehead atoms. The highest BCUT2D eigenvalue weighted by Gasteiger charge is 2.23. The van der Waals surface area contributed by atoms with Gasteiger partial charge in [0.25, 0.3) is 0 Å². The van der Waals surface area contributed by atoms with Gasteiger partial charge in [-0.3, -0.25) is 26.9 Å². The fraction of sp³-hybridized carbons (Fsp3) is 0. The summed E-state index contributed by atoms with van der Waals surface area (Å²) in [6.07, 6.45) is 0. The lowest BCUT2D eigenvalue weighted by Crippen LogP contribution is -1.97. The first-order valence-corrected chi connectivity index (χ1v) is 26.8. The van der Waals surface area contributed by atoms with Gasteiger partial charge in [-0.25, -0.2) is 15.0 Å². The molecular weight excluding hydrogens is 987 g/mol. The van der Waals surface area contributed by atoms with E-state index in [0.29, 0.717) is 0 Å². The SMILES string of the molecule is c1ccc2c(c1)nc1n(-c3cc(-c4ccc5oc6ccc(-n7c8ccccc8n8c9ccccc9nc78)cc6c5c4)cc(-c4ccc5oc6ccc(-n7c8ccccc8n8c9ccccc9nc78)cc6c5c4)c3)c3ccccc3n21. The van der Waals surface area contributed by atoms with Crippen LogP contribution in [0.4, 0.5) is 0 Å². The van der Waals surface area contributed by atoms with Gasteiger partial charge in [0, 0.05) is 21.5 Å². The Labute approximate surface area is 451 Å². The second kappa shape index (κ2) is 15.3. The number of imidazole rings is 6. The molecule has 80 heavy (non-hydrogen) atoms. The average Bonchev–Trinajstić information content (AvgIpc) is 4.59. The van der Waals surface area contributed by atoms with Crippen LogP contribution in [0.5, 0.6) is 0 Å². The van der Waals surface area contributed by atoms with E-state index in [0.717, 1.165) is 167 Å². The van der Waals surface area contributed by atoms with Crippen molar-refractivity contribution in [1.82, 2.24) is 41.9 Å². The molecule has 0 atom stereocenters. The minimum Gasteiger partial charge on any atom is -0.456 e. The molecule has 8 heterocycles. The summed E-state index contributed by atoms with van der Waals surface area (Å²) < 4.78 is 26.9. The summed E-state index contributed by atoms with van der Waals surface area (Å²) in [6.45, 7) is 0. The number of para-hydroxylation sites is 12. The van der Waals surface area contributed by atoms with Gasteiger partial charge < -0.3 is 8.83 Å². The Morgan fingerprint density at radius 3 is 0.938 bits per heavy atom. The molecule has 0 aliphatic heterocycles. The van der Waals surface area contributed by atoms with Crippen molar-refractivity contribution in [3.63, 3.8) is 0 Å². The topological polar surface area (TPSA) is 93.0 Å². The second-order valence-corrected chi connectivity index (χ2v) is 20.9. The summed E-state index contributed by atoms with van der Waals surface area (Å²) in [5.41, 5.74) is 23.1. The number of fused-ring (bicyclic) bond motifs is 21.